The van der Waals surface area contributed by atoms with E-state index in [1.807, 2.05) is 13.8 Å². The molecular formula is C24H29FN6O3. The van der Waals surface area contributed by atoms with Gasteiger partial charge in [0.2, 0.25) is 17.6 Å². The quantitative estimate of drug-likeness (QED) is 0.517. The van der Waals surface area contributed by atoms with Crippen LogP contribution in [0.1, 0.15) is 50.4 Å². The van der Waals surface area contributed by atoms with Crippen LogP contribution in [0.3, 0.4) is 0 Å². The van der Waals surface area contributed by atoms with Crippen molar-refractivity contribution < 1.29 is 18.4 Å². The minimum atomic E-state index is -0.672. The van der Waals surface area contributed by atoms with E-state index < -0.39 is 6.04 Å². The van der Waals surface area contributed by atoms with Gasteiger partial charge in [0.05, 0.1) is 0 Å². The number of benzene rings is 1. The number of amides is 2. The molecule has 1 aromatic carbocycles. The number of halogens is 1. The SMILES string of the molecule is CC[C@H](C(=O)NC1CCCC1)N(Cc1ccc(F)cc1)C(=O)Cn1nnc(-c2ccc(C)o2)n1. The predicted molar refractivity (Wildman–Crippen MR) is 122 cm³/mol. The summed E-state index contributed by atoms with van der Waals surface area (Å²) in [5.41, 5.74) is 0.722. The highest BCUT2D eigenvalue weighted by Crippen LogP contribution is 2.20. The molecule has 180 valence electrons. The van der Waals surface area contributed by atoms with Gasteiger partial charge in [-0.1, -0.05) is 31.9 Å². The smallest absolute Gasteiger partial charge is 0.247 e. The van der Waals surface area contributed by atoms with Gasteiger partial charge in [-0.2, -0.15) is 4.80 Å². The number of aryl methyl sites for hydroxylation is 1. The molecule has 3 aromatic rings. The molecule has 1 fully saturated rings. The van der Waals surface area contributed by atoms with E-state index in [2.05, 4.69) is 20.7 Å². The Balaban J connectivity index is 1.53. The summed E-state index contributed by atoms with van der Waals surface area (Å²) in [5.74, 6) is 0.575. The molecule has 2 amide bonds. The van der Waals surface area contributed by atoms with Crippen LogP contribution in [0, 0.1) is 12.7 Å². The molecule has 0 aliphatic heterocycles. The highest BCUT2D eigenvalue weighted by atomic mass is 19.1. The molecule has 0 radical (unpaired) electrons. The lowest BCUT2D eigenvalue weighted by atomic mass is 10.1. The maximum atomic E-state index is 13.4. The average molecular weight is 469 g/mol. The average Bonchev–Trinajstić information content (AvgIpc) is 3.58. The van der Waals surface area contributed by atoms with Crippen LogP contribution in [0.2, 0.25) is 0 Å². The van der Waals surface area contributed by atoms with Gasteiger partial charge < -0.3 is 14.6 Å². The predicted octanol–water partition coefficient (Wildman–Crippen LogP) is 3.25. The number of furan rings is 1. The van der Waals surface area contributed by atoms with Gasteiger partial charge in [-0.25, -0.2) is 4.39 Å². The van der Waals surface area contributed by atoms with Gasteiger partial charge in [0, 0.05) is 12.6 Å². The van der Waals surface area contributed by atoms with E-state index in [1.54, 1.807) is 24.3 Å². The third kappa shape index (κ3) is 5.67. The van der Waals surface area contributed by atoms with E-state index in [0.717, 1.165) is 31.2 Å². The fourth-order valence-electron chi connectivity index (χ4n) is 4.25. The fraction of sp³-hybridized carbons (Fsp3) is 0.458. The summed E-state index contributed by atoms with van der Waals surface area (Å²) >= 11 is 0. The standard InChI is InChI=1S/C24H29FN6O3/c1-3-20(24(33)26-19-6-4-5-7-19)30(14-17-9-11-18(25)12-10-17)22(32)15-31-28-23(27-29-31)21-13-8-16(2)34-21/h8-13,19-20H,3-7,14-15H2,1-2H3,(H,26,33)/t20-/m1/s1. The van der Waals surface area contributed by atoms with Gasteiger partial charge in [-0.15, -0.1) is 10.2 Å². The van der Waals surface area contributed by atoms with Gasteiger partial charge in [0.15, 0.2) is 5.76 Å². The molecule has 0 bridgehead atoms. The van der Waals surface area contributed by atoms with Crippen molar-refractivity contribution in [3.05, 3.63) is 53.5 Å². The van der Waals surface area contributed by atoms with Gasteiger partial charge in [0.1, 0.15) is 24.2 Å². The first-order chi connectivity index (χ1) is 16.4. The largest absolute Gasteiger partial charge is 0.458 e. The Morgan fingerprint density at radius 1 is 1.21 bits per heavy atom. The van der Waals surface area contributed by atoms with Crippen LogP contribution >= 0.6 is 0 Å². The van der Waals surface area contributed by atoms with E-state index in [9.17, 15) is 14.0 Å². The molecule has 10 heteroatoms. The zero-order valence-electron chi connectivity index (χ0n) is 19.4. The lowest BCUT2D eigenvalue weighted by molar-refractivity contribution is -0.142. The van der Waals surface area contributed by atoms with Gasteiger partial charge in [-0.3, -0.25) is 9.59 Å². The number of carbonyl (C=O) groups excluding carboxylic acids is 2. The normalized spacial score (nSPS) is 14.8. The van der Waals surface area contributed by atoms with E-state index >= 15 is 0 Å². The van der Waals surface area contributed by atoms with Crippen molar-refractivity contribution in [3.8, 4) is 11.6 Å². The lowest BCUT2D eigenvalue weighted by Crippen LogP contribution is -2.51. The summed E-state index contributed by atoms with van der Waals surface area (Å²) in [6.45, 7) is 3.65. The first-order valence-corrected chi connectivity index (χ1v) is 11.6. The third-order valence-corrected chi connectivity index (χ3v) is 6.04. The minimum absolute atomic E-state index is 0.139. The molecule has 2 aromatic heterocycles. The van der Waals surface area contributed by atoms with E-state index in [-0.39, 0.29) is 42.6 Å². The second kappa shape index (κ2) is 10.6. The number of nitrogens with one attached hydrogen (secondary N) is 1. The molecule has 0 spiro atoms. The summed E-state index contributed by atoms with van der Waals surface area (Å²) in [5, 5.41) is 15.3. The number of hydrogen-bond donors (Lipinski definition) is 1. The Kier molecular flexibility index (Phi) is 7.34. The summed E-state index contributed by atoms with van der Waals surface area (Å²) in [6, 6.07) is 8.90. The topological polar surface area (TPSA) is 106 Å². The van der Waals surface area contributed by atoms with E-state index in [4.69, 9.17) is 4.42 Å². The molecule has 34 heavy (non-hydrogen) atoms. The van der Waals surface area contributed by atoms with Gasteiger partial charge in [-0.05, 0) is 61.2 Å². The van der Waals surface area contributed by atoms with Crippen LogP contribution in [0.25, 0.3) is 11.6 Å². The molecule has 1 aliphatic carbocycles. The molecule has 0 saturated heterocycles. The van der Waals surface area contributed by atoms with E-state index in [1.165, 1.54) is 21.8 Å². The minimum Gasteiger partial charge on any atom is -0.458 e. The zero-order valence-corrected chi connectivity index (χ0v) is 19.4. The van der Waals surface area contributed by atoms with Crippen LogP contribution in [-0.4, -0.2) is 49.0 Å². The Labute approximate surface area is 197 Å². The van der Waals surface area contributed by atoms with Crippen molar-refractivity contribution in [2.75, 3.05) is 0 Å². The number of nitrogens with zero attached hydrogens (tertiary/aromatic N) is 5. The van der Waals surface area contributed by atoms with Crippen molar-refractivity contribution in [1.29, 1.82) is 0 Å². The second-order valence-electron chi connectivity index (χ2n) is 8.62. The molecular weight excluding hydrogens is 439 g/mol. The van der Waals surface area contributed by atoms with Crippen LogP contribution in [0.4, 0.5) is 4.39 Å². The van der Waals surface area contributed by atoms with Gasteiger partial charge in [0.25, 0.3) is 0 Å². The molecule has 9 nitrogen and oxygen atoms in total. The molecule has 0 unspecified atom stereocenters. The Bertz CT molecular complexity index is 1120. The molecule has 1 aliphatic rings. The molecule has 4 rings (SSSR count). The first-order valence-electron chi connectivity index (χ1n) is 11.6. The molecule has 2 heterocycles. The van der Waals surface area contributed by atoms with E-state index in [0.29, 0.717) is 17.9 Å². The second-order valence-corrected chi connectivity index (χ2v) is 8.62. The number of tetrazole rings is 1. The van der Waals surface area contributed by atoms with Crippen molar-refractivity contribution in [3.63, 3.8) is 0 Å². The summed E-state index contributed by atoms with van der Waals surface area (Å²) in [4.78, 5) is 29.2. The van der Waals surface area contributed by atoms with Gasteiger partial charge >= 0.3 is 0 Å². The van der Waals surface area contributed by atoms with Crippen molar-refractivity contribution in [2.45, 2.75) is 71.1 Å². The Hall–Kier alpha value is -3.56. The molecule has 1 saturated carbocycles. The fourth-order valence-corrected chi connectivity index (χ4v) is 4.25. The first kappa shape index (κ1) is 23.6. The number of rotatable bonds is 9. The van der Waals surface area contributed by atoms with Crippen molar-refractivity contribution in [2.24, 2.45) is 0 Å². The monoisotopic (exact) mass is 468 g/mol. The molecule has 1 N–H and O–H groups in total. The lowest BCUT2D eigenvalue weighted by Gasteiger charge is -2.31. The maximum Gasteiger partial charge on any atom is 0.247 e. The van der Waals surface area contributed by atoms with Crippen LogP contribution in [-0.2, 0) is 22.7 Å². The number of hydrogen-bond acceptors (Lipinski definition) is 6. The highest BCUT2D eigenvalue weighted by molar-refractivity contribution is 5.87. The van der Waals surface area contributed by atoms with Crippen LogP contribution in [0.15, 0.2) is 40.8 Å². The summed E-state index contributed by atoms with van der Waals surface area (Å²) in [6.07, 6.45) is 4.52. The molecule has 1 atom stereocenters. The Morgan fingerprint density at radius 3 is 2.59 bits per heavy atom. The van der Waals surface area contributed by atoms with Crippen LogP contribution < -0.4 is 5.32 Å². The summed E-state index contributed by atoms with van der Waals surface area (Å²) in [7, 11) is 0. The third-order valence-electron chi connectivity index (χ3n) is 6.04. The van der Waals surface area contributed by atoms with Crippen molar-refractivity contribution >= 4 is 11.8 Å². The number of carbonyl (C=O) groups is 2. The highest BCUT2D eigenvalue weighted by Gasteiger charge is 2.31. The van der Waals surface area contributed by atoms with Crippen LogP contribution in [0.5, 0.6) is 0 Å². The number of aromatic nitrogens is 4. The summed E-state index contributed by atoms with van der Waals surface area (Å²) < 4.78 is 18.9. The Morgan fingerprint density at radius 2 is 1.94 bits per heavy atom. The van der Waals surface area contributed by atoms with Crippen molar-refractivity contribution in [1.82, 2.24) is 30.4 Å². The maximum absolute atomic E-state index is 13.4. The zero-order chi connectivity index (χ0) is 24.1.